The molecule has 0 spiro atoms. The molecule has 0 heterocycles. The van der Waals surface area contributed by atoms with Crippen LogP contribution in [-0.4, -0.2) is 13.2 Å². The fourth-order valence-electron chi connectivity index (χ4n) is 4.53. The Morgan fingerprint density at radius 2 is 1.50 bits per heavy atom. The molecule has 0 radical (unpaired) electrons. The molecule has 0 aromatic heterocycles. The molecule has 2 saturated carbocycles. The number of unbranched alkanes of at least 4 members (excludes halogenated alkanes) is 2. The molecule has 0 aromatic rings. The molecule has 0 amide bonds. The van der Waals surface area contributed by atoms with Gasteiger partial charge in [-0.1, -0.05) is 31.9 Å². The van der Waals surface area contributed by atoms with E-state index in [0.29, 0.717) is 0 Å². The minimum atomic E-state index is 0.856. The van der Waals surface area contributed by atoms with E-state index in [9.17, 15) is 0 Å². The quantitative estimate of drug-likeness (QED) is 0.373. The fourth-order valence-corrected chi connectivity index (χ4v) is 4.53. The Hall–Kier alpha value is -0.300. The van der Waals surface area contributed by atoms with Crippen molar-refractivity contribution in [2.75, 3.05) is 13.2 Å². The first-order valence-electron chi connectivity index (χ1n) is 10.1. The van der Waals surface area contributed by atoms with Gasteiger partial charge in [0, 0.05) is 13.2 Å². The van der Waals surface area contributed by atoms with Gasteiger partial charge in [-0.15, -0.1) is 0 Å². The van der Waals surface area contributed by atoms with Crippen LogP contribution in [0.4, 0.5) is 0 Å². The molecule has 0 aromatic carbocycles. The summed E-state index contributed by atoms with van der Waals surface area (Å²) in [7, 11) is 0. The van der Waals surface area contributed by atoms with Crippen molar-refractivity contribution in [1.29, 1.82) is 0 Å². The van der Waals surface area contributed by atoms with E-state index >= 15 is 0 Å². The zero-order valence-electron chi connectivity index (χ0n) is 15.1. The van der Waals surface area contributed by atoms with Crippen molar-refractivity contribution < 1.29 is 4.74 Å². The van der Waals surface area contributed by atoms with Crippen LogP contribution in [0.3, 0.4) is 0 Å². The molecular weight excluding hydrogens is 268 g/mol. The van der Waals surface area contributed by atoms with Gasteiger partial charge in [0.15, 0.2) is 0 Å². The fraction of sp³-hybridized carbons (Fsp3) is 0.905. The van der Waals surface area contributed by atoms with Crippen LogP contribution >= 0.6 is 0 Å². The minimum absolute atomic E-state index is 0.856. The summed E-state index contributed by atoms with van der Waals surface area (Å²) in [6, 6.07) is 0. The van der Waals surface area contributed by atoms with Crippen LogP contribution < -0.4 is 0 Å². The van der Waals surface area contributed by atoms with Crippen molar-refractivity contribution in [3.63, 3.8) is 0 Å². The van der Waals surface area contributed by atoms with Crippen molar-refractivity contribution in [3.05, 3.63) is 12.2 Å². The van der Waals surface area contributed by atoms with Crippen molar-refractivity contribution in [1.82, 2.24) is 0 Å². The van der Waals surface area contributed by atoms with E-state index in [1.54, 1.807) is 0 Å². The molecule has 2 aliphatic rings. The van der Waals surface area contributed by atoms with Gasteiger partial charge in [0.25, 0.3) is 0 Å². The average molecular weight is 307 g/mol. The largest absolute Gasteiger partial charge is 0.381 e. The predicted octanol–water partition coefficient (Wildman–Crippen LogP) is 6.38. The van der Waals surface area contributed by atoms with Gasteiger partial charge in [0.1, 0.15) is 0 Å². The van der Waals surface area contributed by atoms with Gasteiger partial charge in [-0.2, -0.15) is 0 Å². The minimum Gasteiger partial charge on any atom is -0.381 e. The average Bonchev–Trinajstić information content (AvgIpc) is 2.58. The van der Waals surface area contributed by atoms with Crippen LogP contribution in [0.25, 0.3) is 0 Å². The summed E-state index contributed by atoms with van der Waals surface area (Å²) in [5, 5.41) is 0. The maximum Gasteiger partial charge on any atom is 0.0494 e. The van der Waals surface area contributed by atoms with Gasteiger partial charge in [0.2, 0.25) is 0 Å². The number of rotatable bonds is 8. The Morgan fingerprint density at radius 3 is 2.09 bits per heavy atom. The molecule has 22 heavy (non-hydrogen) atoms. The second kappa shape index (κ2) is 10.5. The second-order valence-electron chi connectivity index (χ2n) is 7.69. The van der Waals surface area contributed by atoms with E-state index in [1.807, 2.05) is 0 Å². The number of allylic oxidation sites excluding steroid dienone is 2. The van der Waals surface area contributed by atoms with Crippen molar-refractivity contribution in [2.24, 2.45) is 23.7 Å². The van der Waals surface area contributed by atoms with Gasteiger partial charge >= 0.3 is 0 Å². The topological polar surface area (TPSA) is 9.23 Å². The molecule has 1 nitrogen and oxygen atoms in total. The molecule has 2 fully saturated rings. The lowest BCUT2D eigenvalue weighted by Crippen LogP contribution is -2.26. The van der Waals surface area contributed by atoms with Crippen molar-refractivity contribution >= 4 is 0 Å². The highest BCUT2D eigenvalue weighted by Crippen LogP contribution is 2.41. The van der Waals surface area contributed by atoms with Gasteiger partial charge in [-0.05, 0) is 88.4 Å². The highest BCUT2D eigenvalue weighted by Gasteiger charge is 2.30. The second-order valence-corrected chi connectivity index (χ2v) is 7.69. The van der Waals surface area contributed by atoms with Crippen LogP contribution in [0.1, 0.15) is 84.5 Å². The van der Waals surface area contributed by atoms with E-state index in [1.165, 1.54) is 70.6 Å². The highest BCUT2D eigenvalue weighted by molar-refractivity contribution is 4.92. The Balaban J connectivity index is 1.62. The Kier molecular flexibility index (Phi) is 8.59. The van der Waals surface area contributed by atoms with Crippen molar-refractivity contribution in [2.45, 2.75) is 84.5 Å². The zero-order chi connectivity index (χ0) is 15.6. The summed E-state index contributed by atoms with van der Waals surface area (Å²) in [5.41, 5.74) is 0. The summed E-state index contributed by atoms with van der Waals surface area (Å²) in [6.07, 6.45) is 20.6. The van der Waals surface area contributed by atoms with Crippen LogP contribution in [0.2, 0.25) is 0 Å². The summed E-state index contributed by atoms with van der Waals surface area (Å²) in [4.78, 5) is 0. The van der Waals surface area contributed by atoms with Crippen LogP contribution in [0, 0.1) is 23.7 Å². The Morgan fingerprint density at radius 1 is 0.864 bits per heavy atom. The van der Waals surface area contributed by atoms with Crippen LogP contribution in [0.15, 0.2) is 12.2 Å². The third-order valence-corrected chi connectivity index (χ3v) is 6.06. The smallest absolute Gasteiger partial charge is 0.0494 e. The first-order valence-corrected chi connectivity index (χ1v) is 10.1. The maximum atomic E-state index is 5.61. The summed E-state index contributed by atoms with van der Waals surface area (Å²) in [5.74, 6) is 3.81. The van der Waals surface area contributed by atoms with E-state index in [-0.39, 0.29) is 0 Å². The van der Waals surface area contributed by atoms with E-state index in [0.717, 1.165) is 36.9 Å². The number of hydrogen-bond acceptors (Lipinski definition) is 1. The molecule has 0 saturated heterocycles. The molecule has 1 heteroatoms. The van der Waals surface area contributed by atoms with Gasteiger partial charge in [0.05, 0.1) is 0 Å². The van der Waals surface area contributed by atoms with Gasteiger partial charge in [-0.25, -0.2) is 0 Å². The molecule has 2 aliphatic carbocycles. The Bertz CT molecular complexity index is 293. The SMILES string of the molecule is CCCC/C=C/C1CCC(C2CCC(COCC)CC2)CC1. The van der Waals surface area contributed by atoms with E-state index < -0.39 is 0 Å². The van der Waals surface area contributed by atoms with Crippen LogP contribution in [-0.2, 0) is 4.74 Å². The van der Waals surface area contributed by atoms with Gasteiger partial charge < -0.3 is 4.74 Å². The third kappa shape index (κ3) is 6.07. The number of ether oxygens (including phenoxy) is 1. The van der Waals surface area contributed by atoms with Gasteiger partial charge in [-0.3, -0.25) is 0 Å². The standard InChI is InChI=1S/C21H38O/c1-3-5-6-7-8-18-9-13-20(14-10-18)21-15-11-19(12-16-21)17-22-4-2/h7-8,18-21H,3-6,9-17H2,1-2H3/b8-7+. The van der Waals surface area contributed by atoms with Crippen LogP contribution in [0.5, 0.6) is 0 Å². The molecule has 0 atom stereocenters. The maximum absolute atomic E-state index is 5.61. The van der Waals surface area contributed by atoms with E-state index in [4.69, 9.17) is 4.74 Å². The normalized spacial score (nSPS) is 33.4. The van der Waals surface area contributed by atoms with E-state index in [2.05, 4.69) is 26.0 Å². The first-order chi connectivity index (χ1) is 10.8. The molecule has 0 aliphatic heterocycles. The third-order valence-electron chi connectivity index (χ3n) is 6.06. The highest BCUT2D eigenvalue weighted by atomic mass is 16.5. The van der Waals surface area contributed by atoms with Crippen molar-refractivity contribution in [3.8, 4) is 0 Å². The summed E-state index contributed by atoms with van der Waals surface area (Å²) < 4.78 is 5.61. The molecule has 0 unspecified atom stereocenters. The molecule has 0 N–H and O–H groups in total. The molecule has 128 valence electrons. The Labute approximate surface area is 138 Å². The lowest BCUT2D eigenvalue weighted by atomic mass is 9.69. The zero-order valence-corrected chi connectivity index (χ0v) is 15.1. The predicted molar refractivity (Wildman–Crippen MR) is 96.1 cm³/mol. The summed E-state index contributed by atoms with van der Waals surface area (Å²) >= 11 is 0. The molecule has 0 bridgehead atoms. The monoisotopic (exact) mass is 306 g/mol. The molecular formula is C21H38O. The lowest BCUT2D eigenvalue weighted by molar-refractivity contribution is 0.0727. The first kappa shape index (κ1) is 18.0. The molecule has 2 rings (SSSR count). The lowest BCUT2D eigenvalue weighted by Gasteiger charge is -2.37. The summed E-state index contributed by atoms with van der Waals surface area (Å²) in [6.45, 7) is 6.29. The number of hydrogen-bond donors (Lipinski definition) is 0.